The number of hydrogen-bond acceptors (Lipinski definition) is 2. The van der Waals surface area contributed by atoms with Crippen LogP contribution >= 0.6 is 0 Å². The van der Waals surface area contributed by atoms with Gasteiger partial charge in [-0.05, 0) is 32.2 Å². The van der Waals surface area contributed by atoms with E-state index in [9.17, 15) is 4.79 Å². The molecule has 1 fully saturated rings. The molecule has 0 amide bonds. The summed E-state index contributed by atoms with van der Waals surface area (Å²) >= 11 is 0. The van der Waals surface area contributed by atoms with Crippen LogP contribution in [0, 0.1) is 0 Å². The maximum atomic E-state index is 10.6. The minimum absolute atomic E-state index is 0.204. The summed E-state index contributed by atoms with van der Waals surface area (Å²) < 4.78 is 0. The van der Waals surface area contributed by atoms with Crippen molar-refractivity contribution < 1.29 is 4.79 Å². The summed E-state index contributed by atoms with van der Waals surface area (Å²) in [4.78, 5) is 12.9. The normalized spacial score (nSPS) is 24.2. The molecule has 1 aliphatic rings. The fourth-order valence-corrected chi connectivity index (χ4v) is 1.81. The van der Waals surface area contributed by atoms with Crippen molar-refractivity contribution in [3.63, 3.8) is 0 Å². The van der Waals surface area contributed by atoms with Gasteiger partial charge in [-0.15, -0.1) is 0 Å². The Hall–Kier alpha value is -0.630. The van der Waals surface area contributed by atoms with Crippen molar-refractivity contribution in [2.45, 2.75) is 38.6 Å². The highest BCUT2D eigenvalue weighted by atomic mass is 16.1. The van der Waals surface area contributed by atoms with E-state index in [1.807, 2.05) is 0 Å². The lowest BCUT2D eigenvalue weighted by Gasteiger charge is -2.18. The number of hydrogen-bond donors (Lipinski definition) is 0. The van der Waals surface area contributed by atoms with E-state index in [4.69, 9.17) is 0 Å². The SMILES string of the molecule is CC/C=C/CCN1CCC[C@H]1C=O. The van der Waals surface area contributed by atoms with Crippen molar-refractivity contribution in [2.24, 2.45) is 0 Å². The molecule has 0 bridgehead atoms. The molecule has 1 atom stereocenters. The molecule has 0 radical (unpaired) electrons. The van der Waals surface area contributed by atoms with Crippen LogP contribution in [0.3, 0.4) is 0 Å². The maximum absolute atomic E-state index is 10.6. The Labute approximate surface area is 80.6 Å². The molecule has 0 saturated carbocycles. The third-order valence-corrected chi connectivity index (χ3v) is 2.56. The molecular weight excluding hydrogens is 162 g/mol. The van der Waals surface area contributed by atoms with Gasteiger partial charge >= 0.3 is 0 Å². The molecule has 1 aliphatic heterocycles. The van der Waals surface area contributed by atoms with Gasteiger partial charge in [0.15, 0.2) is 0 Å². The predicted octanol–water partition coefficient (Wildman–Crippen LogP) is 2.01. The largest absolute Gasteiger partial charge is 0.302 e. The number of rotatable bonds is 5. The monoisotopic (exact) mass is 181 g/mol. The second-order valence-electron chi connectivity index (χ2n) is 3.55. The Balaban J connectivity index is 2.20. The van der Waals surface area contributed by atoms with E-state index in [-0.39, 0.29) is 6.04 Å². The van der Waals surface area contributed by atoms with Crippen molar-refractivity contribution in [2.75, 3.05) is 13.1 Å². The van der Waals surface area contributed by atoms with E-state index in [0.717, 1.165) is 38.6 Å². The van der Waals surface area contributed by atoms with Crippen molar-refractivity contribution in [1.82, 2.24) is 4.90 Å². The highest BCUT2D eigenvalue weighted by molar-refractivity contribution is 5.58. The van der Waals surface area contributed by atoms with Crippen molar-refractivity contribution in [3.05, 3.63) is 12.2 Å². The van der Waals surface area contributed by atoms with Crippen LogP contribution in [0.4, 0.5) is 0 Å². The van der Waals surface area contributed by atoms with Gasteiger partial charge in [0.25, 0.3) is 0 Å². The molecule has 0 aromatic carbocycles. The fraction of sp³-hybridized carbons (Fsp3) is 0.727. The van der Waals surface area contributed by atoms with Crippen LogP contribution in [0.2, 0.25) is 0 Å². The summed E-state index contributed by atoms with van der Waals surface area (Å²) in [6.45, 7) is 4.28. The molecule has 2 heteroatoms. The molecule has 1 rings (SSSR count). The van der Waals surface area contributed by atoms with Crippen LogP contribution in [-0.4, -0.2) is 30.3 Å². The van der Waals surface area contributed by atoms with E-state index < -0.39 is 0 Å². The van der Waals surface area contributed by atoms with Crippen LogP contribution in [-0.2, 0) is 4.79 Å². The van der Waals surface area contributed by atoms with E-state index in [0.29, 0.717) is 0 Å². The van der Waals surface area contributed by atoms with Gasteiger partial charge in [0.05, 0.1) is 6.04 Å². The van der Waals surface area contributed by atoms with Gasteiger partial charge in [0.2, 0.25) is 0 Å². The van der Waals surface area contributed by atoms with Crippen LogP contribution in [0.15, 0.2) is 12.2 Å². The number of carbonyl (C=O) groups is 1. The summed E-state index contributed by atoms with van der Waals surface area (Å²) in [5.74, 6) is 0. The molecule has 1 saturated heterocycles. The Kier molecular flexibility index (Phi) is 4.76. The average molecular weight is 181 g/mol. The Morgan fingerprint density at radius 1 is 1.46 bits per heavy atom. The highest BCUT2D eigenvalue weighted by Gasteiger charge is 2.22. The Morgan fingerprint density at radius 2 is 2.31 bits per heavy atom. The van der Waals surface area contributed by atoms with Crippen LogP contribution < -0.4 is 0 Å². The average Bonchev–Trinajstić information content (AvgIpc) is 2.60. The number of allylic oxidation sites excluding steroid dienone is 1. The third kappa shape index (κ3) is 3.31. The van der Waals surface area contributed by atoms with Crippen LogP contribution in [0.5, 0.6) is 0 Å². The number of carbonyl (C=O) groups excluding carboxylic acids is 1. The first-order valence-electron chi connectivity index (χ1n) is 5.22. The van der Waals surface area contributed by atoms with Gasteiger partial charge in [-0.3, -0.25) is 4.90 Å². The van der Waals surface area contributed by atoms with Gasteiger partial charge in [0, 0.05) is 6.54 Å². The minimum atomic E-state index is 0.204. The van der Waals surface area contributed by atoms with Gasteiger partial charge in [0.1, 0.15) is 6.29 Å². The molecule has 13 heavy (non-hydrogen) atoms. The second kappa shape index (κ2) is 5.92. The molecule has 0 N–H and O–H groups in total. The molecule has 0 spiro atoms. The first-order chi connectivity index (χ1) is 6.38. The molecule has 74 valence electrons. The van der Waals surface area contributed by atoms with Crippen molar-refractivity contribution >= 4 is 6.29 Å². The third-order valence-electron chi connectivity index (χ3n) is 2.56. The lowest BCUT2D eigenvalue weighted by atomic mass is 10.2. The maximum Gasteiger partial charge on any atom is 0.137 e. The van der Waals surface area contributed by atoms with Gasteiger partial charge in [-0.25, -0.2) is 0 Å². The molecule has 0 aromatic rings. The zero-order valence-corrected chi connectivity index (χ0v) is 8.41. The molecule has 0 aromatic heterocycles. The first-order valence-corrected chi connectivity index (χ1v) is 5.22. The van der Waals surface area contributed by atoms with E-state index in [1.165, 1.54) is 6.42 Å². The molecule has 0 unspecified atom stereocenters. The Bertz CT molecular complexity index is 177. The zero-order valence-electron chi connectivity index (χ0n) is 8.41. The first kappa shape index (κ1) is 10.5. The van der Waals surface area contributed by atoms with E-state index in [1.54, 1.807) is 0 Å². The fourth-order valence-electron chi connectivity index (χ4n) is 1.81. The lowest BCUT2D eigenvalue weighted by molar-refractivity contribution is -0.111. The smallest absolute Gasteiger partial charge is 0.137 e. The van der Waals surface area contributed by atoms with Crippen LogP contribution in [0.25, 0.3) is 0 Å². The van der Waals surface area contributed by atoms with E-state index in [2.05, 4.69) is 24.0 Å². The second-order valence-corrected chi connectivity index (χ2v) is 3.55. The van der Waals surface area contributed by atoms with Gasteiger partial charge in [-0.2, -0.15) is 0 Å². The summed E-state index contributed by atoms with van der Waals surface area (Å²) in [7, 11) is 0. The topological polar surface area (TPSA) is 20.3 Å². The highest BCUT2D eigenvalue weighted by Crippen LogP contribution is 2.15. The summed E-state index contributed by atoms with van der Waals surface area (Å²) in [5, 5.41) is 0. The van der Waals surface area contributed by atoms with Crippen molar-refractivity contribution in [1.29, 1.82) is 0 Å². The predicted molar refractivity (Wildman–Crippen MR) is 54.7 cm³/mol. The van der Waals surface area contributed by atoms with Gasteiger partial charge in [-0.1, -0.05) is 19.1 Å². The summed E-state index contributed by atoms with van der Waals surface area (Å²) in [5.41, 5.74) is 0. The summed E-state index contributed by atoms with van der Waals surface area (Å²) in [6, 6.07) is 0.204. The standard InChI is InChI=1S/C11H19NO/c1-2-3-4-5-8-12-9-6-7-11(12)10-13/h3-4,10-11H,2,5-9H2,1H3/b4-3+/t11-/m0/s1. The van der Waals surface area contributed by atoms with E-state index >= 15 is 0 Å². The molecular formula is C11H19NO. The minimum Gasteiger partial charge on any atom is -0.302 e. The Morgan fingerprint density at radius 3 is 3.00 bits per heavy atom. The van der Waals surface area contributed by atoms with Gasteiger partial charge < -0.3 is 4.79 Å². The van der Waals surface area contributed by atoms with Crippen molar-refractivity contribution in [3.8, 4) is 0 Å². The number of aldehydes is 1. The molecule has 0 aliphatic carbocycles. The lowest BCUT2D eigenvalue weighted by Crippen LogP contribution is -2.31. The number of likely N-dealkylation sites (tertiary alicyclic amines) is 1. The zero-order chi connectivity index (χ0) is 9.52. The molecule has 1 heterocycles. The van der Waals surface area contributed by atoms with Crippen LogP contribution in [0.1, 0.15) is 32.6 Å². The quantitative estimate of drug-likeness (QED) is 0.477. The number of nitrogens with zero attached hydrogens (tertiary/aromatic N) is 1. The summed E-state index contributed by atoms with van der Waals surface area (Å²) in [6.07, 6.45) is 9.92. The molecule has 2 nitrogen and oxygen atoms in total.